The number of carbonyl (C=O) groups excluding carboxylic acids is 2. The van der Waals surface area contributed by atoms with E-state index in [1.807, 2.05) is 54.6 Å². The van der Waals surface area contributed by atoms with Crippen LogP contribution in [0, 0.1) is 0 Å². The second-order valence-corrected chi connectivity index (χ2v) is 5.08. The average molecular weight is 312 g/mol. The molecular formula is C19H20O4. The number of carbonyl (C=O) groups is 2. The summed E-state index contributed by atoms with van der Waals surface area (Å²) in [6, 6.07) is 17.2. The molecule has 0 aliphatic heterocycles. The molecule has 0 N–H and O–H groups in total. The molecule has 0 aromatic heterocycles. The maximum absolute atomic E-state index is 12.0. The zero-order valence-corrected chi connectivity index (χ0v) is 13.2. The first-order valence-corrected chi connectivity index (χ1v) is 7.61. The van der Waals surface area contributed by atoms with Crippen molar-refractivity contribution in [3.8, 4) is 5.75 Å². The number of hydrogen-bond donors (Lipinski definition) is 0. The quantitative estimate of drug-likeness (QED) is 0.554. The second-order valence-electron chi connectivity index (χ2n) is 5.08. The molecule has 4 nitrogen and oxygen atoms in total. The highest BCUT2D eigenvalue weighted by atomic mass is 16.5. The van der Waals surface area contributed by atoms with Crippen molar-refractivity contribution in [1.29, 1.82) is 0 Å². The standard InChI is InChI=1S/C19H20O4/c1-2-22-19(21)13-17(20)12-16-10-6-7-11-18(16)23-14-15-8-4-3-5-9-15/h3-11H,2,12-14H2,1H3. The summed E-state index contributed by atoms with van der Waals surface area (Å²) in [6.07, 6.45) is -0.0510. The Balaban J connectivity index is 1.97. The highest BCUT2D eigenvalue weighted by Gasteiger charge is 2.13. The van der Waals surface area contributed by atoms with Crippen molar-refractivity contribution in [3.63, 3.8) is 0 Å². The van der Waals surface area contributed by atoms with E-state index in [1.54, 1.807) is 6.92 Å². The fourth-order valence-corrected chi connectivity index (χ4v) is 2.17. The molecule has 0 saturated heterocycles. The fourth-order valence-electron chi connectivity index (χ4n) is 2.17. The summed E-state index contributed by atoms with van der Waals surface area (Å²) in [6.45, 7) is 2.43. The van der Waals surface area contributed by atoms with Crippen LogP contribution < -0.4 is 4.74 Å². The summed E-state index contributed by atoms with van der Waals surface area (Å²) in [5.41, 5.74) is 1.83. The van der Waals surface area contributed by atoms with Crippen molar-refractivity contribution >= 4 is 11.8 Å². The van der Waals surface area contributed by atoms with E-state index in [2.05, 4.69) is 0 Å². The minimum Gasteiger partial charge on any atom is -0.489 e. The average Bonchev–Trinajstić information content (AvgIpc) is 2.55. The maximum Gasteiger partial charge on any atom is 0.313 e. The molecule has 0 radical (unpaired) electrons. The summed E-state index contributed by atoms with van der Waals surface area (Å²) in [5.74, 6) is -0.00652. The molecule has 2 aromatic rings. The summed E-state index contributed by atoms with van der Waals surface area (Å²) in [4.78, 5) is 23.3. The highest BCUT2D eigenvalue weighted by molar-refractivity contribution is 5.96. The van der Waals surface area contributed by atoms with Gasteiger partial charge in [0, 0.05) is 12.0 Å². The lowest BCUT2D eigenvalue weighted by atomic mass is 10.1. The van der Waals surface area contributed by atoms with E-state index in [1.165, 1.54) is 0 Å². The van der Waals surface area contributed by atoms with Crippen molar-refractivity contribution in [2.24, 2.45) is 0 Å². The third-order valence-corrected chi connectivity index (χ3v) is 3.24. The van der Waals surface area contributed by atoms with Gasteiger partial charge in [-0.25, -0.2) is 0 Å². The SMILES string of the molecule is CCOC(=O)CC(=O)Cc1ccccc1OCc1ccccc1. The predicted molar refractivity (Wildman–Crippen MR) is 87.2 cm³/mol. The summed E-state index contributed by atoms with van der Waals surface area (Å²) in [5, 5.41) is 0. The Hall–Kier alpha value is -2.62. The van der Waals surface area contributed by atoms with Crippen molar-refractivity contribution in [3.05, 3.63) is 65.7 Å². The molecule has 0 fully saturated rings. The van der Waals surface area contributed by atoms with Gasteiger partial charge in [-0.1, -0.05) is 48.5 Å². The first-order valence-electron chi connectivity index (χ1n) is 7.61. The molecule has 120 valence electrons. The lowest BCUT2D eigenvalue weighted by molar-refractivity contribution is -0.145. The summed E-state index contributed by atoms with van der Waals surface area (Å²) < 4.78 is 10.6. The number of ketones is 1. The van der Waals surface area contributed by atoms with Crippen LogP contribution in [-0.4, -0.2) is 18.4 Å². The highest BCUT2D eigenvalue weighted by Crippen LogP contribution is 2.20. The van der Waals surface area contributed by atoms with Crippen molar-refractivity contribution in [1.82, 2.24) is 0 Å². The van der Waals surface area contributed by atoms with Gasteiger partial charge in [-0.05, 0) is 18.6 Å². The predicted octanol–water partition coefficient (Wildman–Crippen LogP) is 3.33. The first-order chi connectivity index (χ1) is 11.2. The third-order valence-electron chi connectivity index (χ3n) is 3.24. The molecule has 0 saturated carbocycles. The zero-order chi connectivity index (χ0) is 16.5. The van der Waals surface area contributed by atoms with Gasteiger partial charge in [0.1, 0.15) is 24.6 Å². The molecule has 0 amide bonds. The molecule has 0 atom stereocenters. The van der Waals surface area contributed by atoms with Crippen LogP contribution >= 0.6 is 0 Å². The number of benzene rings is 2. The van der Waals surface area contributed by atoms with Gasteiger partial charge in [0.25, 0.3) is 0 Å². The largest absolute Gasteiger partial charge is 0.489 e. The number of hydrogen-bond acceptors (Lipinski definition) is 4. The van der Waals surface area contributed by atoms with Gasteiger partial charge in [0.15, 0.2) is 0 Å². The van der Waals surface area contributed by atoms with E-state index in [9.17, 15) is 9.59 Å². The van der Waals surface area contributed by atoms with Gasteiger partial charge < -0.3 is 9.47 Å². The lowest BCUT2D eigenvalue weighted by Gasteiger charge is -2.11. The molecular weight excluding hydrogens is 292 g/mol. The normalized spacial score (nSPS) is 10.1. The molecule has 0 bridgehead atoms. The monoisotopic (exact) mass is 312 g/mol. The smallest absolute Gasteiger partial charge is 0.313 e. The number of para-hydroxylation sites is 1. The van der Waals surface area contributed by atoms with E-state index in [0.29, 0.717) is 12.4 Å². The maximum atomic E-state index is 12.0. The van der Waals surface area contributed by atoms with Crippen LogP contribution in [0.4, 0.5) is 0 Å². The van der Waals surface area contributed by atoms with Gasteiger partial charge in [-0.3, -0.25) is 9.59 Å². The van der Waals surface area contributed by atoms with E-state index in [0.717, 1.165) is 11.1 Å². The Morgan fingerprint density at radius 2 is 1.65 bits per heavy atom. The van der Waals surface area contributed by atoms with Crippen LogP contribution in [0.1, 0.15) is 24.5 Å². The molecule has 23 heavy (non-hydrogen) atoms. The van der Waals surface area contributed by atoms with Gasteiger partial charge in [0.05, 0.1) is 6.61 Å². The fraction of sp³-hybridized carbons (Fsp3) is 0.263. The van der Waals surface area contributed by atoms with Gasteiger partial charge in [-0.2, -0.15) is 0 Å². The van der Waals surface area contributed by atoms with Crippen LogP contribution in [0.2, 0.25) is 0 Å². The Bertz CT molecular complexity index is 649. The van der Waals surface area contributed by atoms with Crippen LogP contribution in [-0.2, 0) is 27.4 Å². The van der Waals surface area contributed by atoms with Crippen LogP contribution in [0.15, 0.2) is 54.6 Å². The zero-order valence-electron chi connectivity index (χ0n) is 13.2. The van der Waals surface area contributed by atoms with Crippen molar-refractivity contribution in [2.45, 2.75) is 26.4 Å². The molecule has 2 aromatic carbocycles. The number of ether oxygens (including phenoxy) is 2. The topological polar surface area (TPSA) is 52.6 Å². The van der Waals surface area contributed by atoms with Crippen molar-refractivity contribution < 1.29 is 19.1 Å². The van der Waals surface area contributed by atoms with Gasteiger partial charge in [-0.15, -0.1) is 0 Å². The summed E-state index contributed by atoms with van der Waals surface area (Å²) in [7, 11) is 0. The minimum absolute atomic E-state index is 0.157. The van der Waals surface area contributed by atoms with E-state index < -0.39 is 5.97 Å². The van der Waals surface area contributed by atoms with Gasteiger partial charge >= 0.3 is 5.97 Å². The first kappa shape index (κ1) is 16.7. The minimum atomic E-state index is -0.486. The molecule has 0 spiro atoms. The summed E-state index contributed by atoms with van der Waals surface area (Å²) >= 11 is 0. The van der Waals surface area contributed by atoms with Gasteiger partial charge in [0.2, 0.25) is 0 Å². The van der Waals surface area contributed by atoms with Crippen molar-refractivity contribution in [2.75, 3.05) is 6.61 Å². The molecule has 0 aliphatic rings. The van der Waals surface area contributed by atoms with Crippen LogP contribution in [0.25, 0.3) is 0 Å². The molecule has 0 heterocycles. The Morgan fingerprint density at radius 3 is 2.39 bits per heavy atom. The number of rotatable bonds is 8. The van der Waals surface area contributed by atoms with Crippen LogP contribution in [0.5, 0.6) is 5.75 Å². The third kappa shape index (κ3) is 5.58. The van der Waals surface area contributed by atoms with E-state index in [-0.39, 0.29) is 25.2 Å². The number of Topliss-reactive ketones (excluding diaryl/α,β-unsaturated/α-hetero) is 1. The Kier molecular flexibility index (Phi) is 6.36. The molecule has 2 rings (SSSR count). The lowest BCUT2D eigenvalue weighted by Crippen LogP contribution is -2.13. The second kappa shape index (κ2) is 8.73. The Labute approximate surface area is 136 Å². The number of esters is 1. The van der Waals surface area contributed by atoms with Crippen LogP contribution in [0.3, 0.4) is 0 Å². The Morgan fingerprint density at radius 1 is 0.957 bits per heavy atom. The van der Waals surface area contributed by atoms with E-state index >= 15 is 0 Å². The van der Waals surface area contributed by atoms with E-state index in [4.69, 9.17) is 9.47 Å². The molecule has 4 heteroatoms. The molecule has 0 unspecified atom stereocenters. The molecule has 0 aliphatic carbocycles.